The van der Waals surface area contributed by atoms with Crippen LogP contribution in [0, 0.1) is 6.92 Å². The van der Waals surface area contributed by atoms with Gasteiger partial charge in [0.1, 0.15) is 5.75 Å². The van der Waals surface area contributed by atoms with Crippen LogP contribution in [-0.4, -0.2) is 28.3 Å². The summed E-state index contributed by atoms with van der Waals surface area (Å²) >= 11 is 0. The summed E-state index contributed by atoms with van der Waals surface area (Å²) < 4.78 is 11.9. The van der Waals surface area contributed by atoms with Gasteiger partial charge in [-0.05, 0) is 74.7 Å². The first-order valence-corrected chi connectivity index (χ1v) is 11.7. The number of aromatic nitrogens is 1. The number of hydrogen-bond donors (Lipinski definition) is 1. The lowest BCUT2D eigenvalue weighted by molar-refractivity contribution is -0.160. The van der Waals surface area contributed by atoms with Gasteiger partial charge in [0, 0.05) is 22.0 Å². The Balaban J connectivity index is 1.87. The molecule has 1 N–H and O–H groups in total. The number of carboxylic acid groups (broad SMARTS) is 1. The van der Waals surface area contributed by atoms with Gasteiger partial charge >= 0.3 is 5.97 Å². The van der Waals surface area contributed by atoms with Gasteiger partial charge in [-0.2, -0.15) is 0 Å². The Bertz CT molecular complexity index is 1420. The van der Waals surface area contributed by atoms with Crippen molar-refractivity contribution in [3.8, 4) is 16.9 Å². The largest absolute Gasteiger partial charge is 0.493 e. The van der Waals surface area contributed by atoms with Crippen LogP contribution in [0.25, 0.3) is 32.8 Å². The molecule has 1 aliphatic rings. The number of rotatable bonds is 4. The Morgan fingerprint density at radius 2 is 1.88 bits per heavy atom. The smallest absolute Gasteiger partial charge is 0.337 e. The van der Waals surface area contributed by atoms with Crippen LogP contribution in [0.1, 0.15) is 50.1 Å². The molecule has 0 spiro atoms. The summed E-state index contributed by atoms with van der Waals surface area (Å²) in [5.41, 5.74) is 4.43. The first-order valence-electron chi connectivity index (χ1n) is 11.7. The number of carbonyl (C=O) groups is 1. The van der Waals surface area contributed by atoms with Gasteiger partial charge in [0.2, 0.25) is 0 Å². The summed E-state index contributed by atoms with van der Waals surface area (Å²) in [6, 6.07) is 18.4. The number of pyridine rings is 1. The van der Waals surface area contributed by atoms with E-state index in [0.29, 0.717) is 11.3 Å². The van der Waals surface area contributed by atoms with Crippen molar-refractivity contribution in [2.24, 2.45) is 0 Å². The van der Waals surface area contributed by atoms with Crippen LogP contribution in [0.4, 0.5) is 0 Å². The average Bonchev–Trinajstić information content (AvgIpc) is 2.81. The van der Waals surface area contributed by atoms with Gasteiger partial charge in [0.15, 0.2) is 6.10 Å². The molecule has 0 saturated heterocycles. The predicted octanol–water partition coefficient (Wildman–Crippen LogP) is 6.63. The first kappa shape index (κ1) is 22.4. The minimum atomic E-state index is -1.15. The Hall–Kier alpha value is -3.44. The quantitative estimate of drug-likeness (QED) is 0.350. The number of fused-ring (bicyclic) bond motifs is 4. The van der Waals surface area contributed by atoms with Crippen LogP contribution >= 0.6 is 0 Å². The van der Waals surface area contributed by atoms with Crippen molar-refractivity contribution >= 4 is 27.6 Å². The maximum Gasteiger partial charge on any atom is 0.337 e. The highest BCUT2D eigenvalue weighted by Gasteiger charge is 2.32. The molecule has 1 aliphatic heterocycles. The fraction of sp³-hybridized carbons (Fsp3) is 0.310. The van der Waals surface area contributed by atoms with E-state index >= 15 is 0 Å². The molecule has 174 valence electrons. The van der Waals surface area contributed by atoms with E-state index in [9.17, 15) is 9.90 Å². The summed E-state index contributed by atoms with van der Waals surface area (Å²) in [6.07, 6.45) is 0.754. The highest BCUT2D eigenvalue weighted by atomic mass is 16.5. The van der Waals surface area contributed by atoms with E-state index in [1.165, 1.54) is 0 Å². The molecule has 34 heavy (non-hydrogen) atoms. The van der Waals surface area contributed by atoms with Crippen molar-refractivity contribution in [3.05, 3.63) is 71.4 Å². The summed E-state index contributed by atoms with van der Waals surface area (Å²) in [5, 5.41) is 13.3. The molecular weight excluding hydrogens is 426 g/mol. The maximum atomic E-state index is 12.5. The highest BCUT2D eigenvalue weighted by Crippen LogP contribution is 2.42. The minimum absolute atomic E-state index is 0.599. The van der Waals surface area contributed by atoms with Crippen molar-refractivity contribution in [2.45, 2.75) is 52.2 Å². The molecule has 3 aromatic carbocycles. The van der Waals surface area contributed by atoms with Gasteiger partial charge in [-0.3, -0.25) is 4.98 Å². The minimum Gasteiger partial charge on any atom is -0.493 e. The van der Waals surface area contributed by atoms with Gasteiger partial charge in [-0.1, -0.05) is 42.5 Å². The Morgan fingerprint density at radius 1 is 1.09 bits per heavy atom. The lowest BCUT2D eigenvalue weighted by atomic mass is 9.88. The summed E-state index contributed by atoms with van der Waals surface area (Å²) in [7, 11) is 0. The summed E-state index contributed by atoms with van der Waals surface area (Å²) in [6.45, 7) is 8.22. The molecule has 5 nitrogen and oxygen atoms in total. The molecule has 0 saturated carbocycles. The van der Waals surface area contributed by atoms with Crippen molar-refractivity contribution in [1.82, 2.24) is 4.98 Å². The second-order valence-corrected chi connectivity index (χ2v) is 9.89. The van der Waals surface area contributed by atoms with Crippen LogP contribution in [-0.2, 0) is 16.0 Å². The SMILES string of the molecule is Cc1nc2c(ccc3ccccc32)c(-c2ccc3c(c2)CCCO3)c1[C@H](OC(C)(C)C)C(=O)O. The van der Waals surface area contributed by atoms with Crippen LogP contribution in [0.2, 0.25) is 0 Å². The molecular formula is C29H29NO4. The molecule has 0 radical (unpaired) electrons. The molecule has 5 heteroatoms. The van der Waals surface area contributed by atoms with E-state index in [1.807, 2.05) is 52.0 Å². The number of aryl methyl sites for hydroxylation is 2. The molecule has 0 aliphatic carbocycles. The number of nitrogens with zero attached hydrogens (tertiary/aromatic N) is 1. The van der Waals surface area contributed by atoms with Gasteiger partial charge in [0.25, 0.3) is 0 Å². The molecule has 0 bridgehead atoms. The average molecular weight is 456 g/mol. The molecule has 4 aromatic rings. The number of benzene rings is 3. The molecule has 0 amide bonds. The zero-order valence-corrected chi connectivity index (χ0v) is 20.0. The van der Waals surface area contributed by atoms with Gasteiger partial charge in [-0.15, -0.1) is 0 Å². The molecule has 2 heterocycles. The third-order valence-corrected chi connectivity index (χ3v) is 6.26. The van der Waals surface area contributed by atoms with Crippen LogP contribution in [0.3, 0.4) is 0 Å². The molecule has 5 rings (SSSR count). The lowest BCUT2D eigenvalue weighted by Crippen LogP contribution is -2.28. The van der Waals surface area contributed by atoms with Crippen molar-refractivity contribution in [1.29, 1.82) is 0 Å². The monoisotopic (exact) mass is 455 g/mol. The van der Waals surface area contributed by atoms with Gasteiger partial charge in [0.05, 0.1) is 17.7 Å². The fourth-order valence-electron chi connectivity index (χ4n) is 4.87. The molecule has 1 atom stereocenters. The van der Waals surface area contributed by atoms with Gasteiger partial charge in [-0.25, -0.2) is 4.79 Å². The zero-order valence-electron chi connectivity index (χ0n) is 20.0. The van der Waals surface area contributed by atoms with Gasteiger partial charge < -0.3 is 14.6 Å². The van der Waals surface area contributed by atoms with Crippen molar-refractivity contribution in [3.63, 3.8) is 0 Å². The van der Waals surface area contributed by atoms with E-state index < -0.39 is 17.7 Å². The second kappa shape index (κ2) is 8.41. The van der Waals surface area contributed by atoms with E-state index in [4.69, 9.17) is 14.5 Å². The van der Waals surface area contributed by atoms with E-state index in [1.54, 1.807) is 0 Å². The zero-order chi connectivity index (χ0) is 24.0. The number of hydrogen-bond acceptors (Lipinski definition) is 4. The second-order valence-electron chi connectivity index (χ2n) is 9.89. The van der Waals surface area contributed by atoms with E-state index in [-0.39, 0.29) is 0 Å². The van der Waals surface area contributed by atoms with E-state index in [0.717, 1.165) is 63.6 Å². The van der Waals surface area contributed by atoms with E-state index in [2.05, 4.69) is 30.3 Å². The first-order chi connectivity index (χ1) is 16.2. The maximum absolute atomic E-state index is 12.5. The summed E-state index contributed by atoms with van der Waals surface area (Å²) in [4.78, 5) is 17.5. The Kier molecular flexibility index (Phi) is 5.53. The number of carboxylic acids is 1. The van der Waals surface area contributed by atoms with Crippen LogP contribution in [0.5, 0.6) is 5.75 Å². The molecule has 0 unspecified atom stereocenters. The predicted molar refractivity (Wildman–Crippen MR) is 134 cm³/mol. The Labute approximate surface area is 199 Å². The third kappa shape index (κ3) is 4.01. The standard InChI is InChI=1S/C29H29NO4/c1-17-24(27(28(31)32)34-29(2,3)4)25(20-12-14-23-19(16-20)9-7-15-33-23)22-13-11-18-8-5-6-10-21(18)26(22)30-17/h5-6,8,10-14,16,27H,7,9,15H2,1-4H3,(H,31,32)/t27-/m0/s1. The summed E-state index contributed by atoms with van der Waals surface area (Å²) in [5.74, 6) is -0.125. The normalized spacial score (nSPS) is 14.6. The fourth-order valence-corrected chi connectivity index (χ4v) is 4.87. The third-order valence-electron chi connectivity index (χ3n) is 6.26. The van der Waals surface area contributed by atoms with Crippen molar-refractivity contribution < 1.29 is 19.4 Å². The molecule has 0 fully saturated rings. The highest BCUT2D eigenvalue weighted by molar-refractivity contribution is 6.11. The number of aliphatic carboxylic acids is 1. The topological polar surface area (TPSA) is 68.7 Å². The van der Waals surface area contributed by atoms with Crippen molar-refractivity contribution in [2.75, 3.05) is 6.61 Å². The molecule has 1 aromatic heterocycles. The number of ether oxygens (including phenoxy) is 2. The Morgan fingerprint density at radius 3 is 2.65 bits per heavy atom. The van der Waals surface area contributed by atoms with Crippen LogP contribution in [0.15, 0.2) is 54.6 Å². The van der Waals surface area contributed by atoms with Crippen LogP contribution < -0.4 is 4.74 Å². The lowest BCUT2D eigenvalue weighted by Gasteiger charge is -2.28.